The van der Waals surface area contributed by atoms with Gasteiger partial charge in [0, 0.05) is 24.8 Å². The van der Waals surface area contributed by atoms with Crippen LogP contribution in [0.1, 0.15) is 5.56 Å². The lowest BCUT2D eigenvalue weighted by Crippen LogP contribution is -2.31. The molecule has 1 aromatic heterocycles. The van der Waals surface area contributed by atoms with Gasteiger partial charge in [-0.25, -0.2) is 0 Å². The number of nitrogens with zero attached hydrogens (tertiary/aromatic N) is 1. The standard InChI is InChI=1S/C11H14N2O2/c1-15-11-3-9(5-13-7-11)8-2-10(14)6-12-4-8/h2-3,5,7,10,12,14H,4,6H2,1H3. The third-order valence-electron chi connectivity index (χ3n) is 2.38. The van der Waals surface area contributed by atoms with Crippen LogP contribution < -0.4 is 10.1 Å². The number of β-amino-alcohol motifs (C(OH)–C–C–N with tert-alkyl or cyclic N) is 1. The average Bonchev–Trinajstić information content (AvgIpc) is 2.29. The normalized spacial score (nSPS) is 20.9. The first-order chi connectivity index (χ1) is 7.29. The Hall–Kier alpha value is -1.39. The number of methoxy groups -OCH3 is 1. The Morgan fingerprint density at radius 1 is 1.53 bits per heavy atom. The number of rotatable bonds is 2. The number of hydrogen-bond acceptors (Lipinski definition) is 4. The van der Waals surface area contributed by atoms with Crippen LogP contribution in [0, 0.1) is 0 Å². The average molecular weight is 206 g/mol. The van der Waals surface area contributed by atoms with Crippen LogP contribution in [-0.2, 0) is 0 Å². The van der Waals surface area contributed by atoms with Crippen LogP contribution in [0.5, 0.6) is 5.75 Å². The topological polar surface area (TPSA) is 54.4 Å². The lowest BCUT2D eigenvalue weighted by molar-refractivity contribution is 0.217. The number of ether oxygens (including phenoxy) is 1. The fourth-order valence-electron chi connectivity index (χ4n) is 1.61. The Kier molecular flexibility index (Phi) is 2.99. The molecule has 1 aliphatic heterocycles. The molecule has 0 aromatic carbocycles. The fraction of sp³-hybridized carbons (Fsp3) is 0.364. The zero-order chi connectivity index (χ0) is 10.7. The predicted molar refractivity (Wildman–Crippen MR) is 57.6 cm³/mol. The quantitative estimate of drug-likeness (QED) is 0.737. The van der Waals surface area contributed by atoms with E-state index in [9.17, 15) is 5.11 Å². The monoisotopic (exact) mass is 206 g/mol. The summed E-state index contributed by atoms with van der Waals surface area (Å²) >= 11 is 0. The van der Waals surface area contributed by atoms with Gasteiger partial charge in [0.15, 0.2) is 0 Å². The van der Waals surface area contributed by atoms with Gasteiger partial charge in [-0.15, -0.1) is 0 Å². The van der Waals surface area contributed by atoms with Crippen molar-refractivity contribution >= 4 is 5.57 Å². The smallest absolute Gasteiger partial charge is 0.137 e. The second kappa shape index (κ2) is 4.42. The molecule has 80 valence electrons. The molecular weight excluding hydrogens is 192 g/mol. The van der Waals surface area contributed by atoms with E-state index in [0.717, 1.165) is 23.4 Å². The first-order valence-electron chi connectivity index (χ1n) is 4.88. The molecule has 0 fully saturated rings. The van der Waals surface area contributed by atoms with Gasteiger partial charge >= 0.3 is 0 Å². The molecule has 4 nitrogen and oxygen atoms in total. The van der Waals surface area contributed by atoms with E-state index in [0.29, 0.717) is 6.54 Å². The maximum Gasteiger partial charge on any atom is 0.137 e. The van der Waals surface area contributed by atoms with E-state index in [1.54, 1.807) is 19.5 Å². The Balaban J connectivity index is 2.28. The van der Waals surface area contributed by atoms with Crippen molar-refractivity contribution in [2.75, 3.05) is 20.2 Å². The molecule has 1 aliphatic rings. The molecule has 0 bridgehead atoms. The van der Waals surface area contributed by atoms with E-state index in [1.807, 2.05) is 12.1 Å². The minimum atomic E-state index is -0.417. The van der Waals surface area contributed by atoms with Gasteiger partial charge in [0.2, 0.25) is 0 Å². The van der Waals surface area contributed by atoms with E-state index in [4.69, 9.17) is 4.74 Å². The van der Waals surface area contributed by atoms with Crippen molar-refractivity contribution in [1.29, 1.82) is 0 Å². The highest BCUT2D eigenvalue weighted by Gasteiger charge is 2.12. The Bertz CT molecular complexity index is 377. The van der Waals surface area contributed by atoms with Gasteiger partial charge in [-0.3, -0.25) is 4.98 Å². The summed E-state index contributed by atoms with van der Waals surface area (Å²) in [4.78, 5) is 4.08. The van der Waals surface area contributed by atoms with Gasteiger partial charge in [0.1, 0.15) is 5.75 Å². The van der Waals surface area contributed by atoms with Gasteiger partial charge in [-0.2, -0.15) is 0 Å². The van der Waals surface area contributed by atoms with Gasteiger partial charge in [0.05, 0.1) is 19.4 Å². The SMILES string of the molecule is COc1cncc(C2=CC(O)CNC2)c1. The van der Waals surface area contributed by atoms with Crippen molar-refractivity contribution in [3.8, 4) is 5.75 Å². The molecule has 15 heavy (non-hydrogen) atoms. The van der Waals surface area contributed by atoms with E-state index in [1.165, 1.54) is 0 Å². The molecule has 0 radical (unpaired) electrons. The third kappa shape index (κ3) is 2.34. The van der Waals surface area contributed by atoms with Crippen molar-refractivity contribution in [3.05, 3.63) is 30.1 Å². The maximum absolute atomic E-state index is 9.48. The van der Waals surface area contributed by atoms with E-state index >= 15 is 0 Å². The number of pyridine rings is 1. The van der Waals surface area contributed by atoms with Crippen LogP contribution in [0.2, 0.25) is 0 Å². The van der Waals surface area contributed by atoms with Crippen molar-refractivity contribution in [1.82, 2.24) is 10.3 Å². The largest absolute Gasteiger partial charge is 0.495 e. The molecule has 0 saturated heterocycles. The highest BCUT2D eigenvalue weighted by molar-refractivity contribution is 5.68. The summed E-state index contributed by atoms with van der Waals surface area (Å²) in [5.41, 5.74) is 2.04. The van der Waals surface area contributed by atoms with Crippen molar-refractivity contribution in [2.24, 2.45) is 0 Å². The van der Waals surface area contributed by atoms with Crippen LogP contribution in [0.3, 0.4) is 0 Å². The predicted octanol–water partition coefficient (Wildman–Crippen LogP) is 0.438. The van der Waals surface area contributed by atoms with Crippen LogP contribution in [0.15, 0.2) is 24.5 Å². The minimum absolute atomic E-state index is 0.417. The molecule has 0 spiro atoms. The van der Waals surface area contributed by atoms with Crippen molar-refractivity contribution < 1.29 is 9.84 Å². The van der Waals surface area contributed by atoms with Crippen LogP contribution in [0.4, 0.5) is 0 Å². The summed E-state index contributed by atoms with van der Waals surface area (Å²) in [6.45, 7) is 1.37. The lowest BCUT2D eigenvalue weighted by atomic mass is 10.0. The van der Waals surface area contributed by atoms with Gasteiger partial charge in [-0.05, 0) is 17.7 Å². The molecule has 2 N–H and O–H groups in total. The lowest BCUT2D eigenvalue weighted by Gasteiger charge is -2.18. The zero-order valence-corrected chi connectivity index (χ0v) is 8.60. The molecule has 2 rings (SSSR count). The van der Waals surface area contributed by atoms with Gasteiger partial charge in [-0.1, -0.05) is 0 Å². The molecule has 1 atom stereocenters. The Morgan fingerprint density at radius 2 is 2.40 bits per heavy atom. The molecule has 0 saturated carbocycles. The zero-order valence-electron chi connectivity index (χ0n) is 8.60. The second-order valence-electron chi connectivity index (χ2n) is 3.50. The number of hydrogen-bond donors (Lipinski definition) is 2. The number of nitrogens with one attached hydrogen (secondary N) is 1. The van der Waals surface area contributed by atoms with Crippen LogP contribution >= 0.6 is 0 Å². The highest BCUT2D eigenvalue weighted by atomic mass is 16.5. The molecule has 2 heterocycles. The summed E-state index contributed by atoms with van der Waals surface area (Å²) in [7, 11) is 1.61. The van der Waals surface area contributed by atoms with Crippen LogP contribution in [0.25, 0.3) is 5.57 Å². The summed E-state index contributed by atoms with van der Waals surface area (Å²) in [5.74, 6) is 0.730. The maximum atomic E-state index is 9.48. The second-order valence-corrected chi connectivity index (χ2v) is 3.50. The molecule has 1 unspecified atom stereocenters. The Labute approximate surface area is 88.6 Å². The van der Waals surface area contributed by atoms with Gasteiger partial charge in [0.25, 0.3) is 0 Å². The number of aromatic nitrogens is 1. The first-order valence-corrected chi connectivity index (χ1v) is 4.88. The molecule has 4 heteroatoms. The van der Waals surface area contributed by atoms with E-state index in [2.05, 4.69) is 10.3 Å². The van der Waals surface area contributed by atoms with Crippen LogP contribution in [-0.4, -0.2) is 36.4 Å². The molecular formula is C11H14N2O2. The van der Waals surface area contributed by atoms with Crippen molar-refractivity contribution in [3.63, 3.8) is 0 Å². The highest BCUT2D eigenvalue weighted by Crippen LogP contribution is 2.20. The summed E-state index contributed by atoms with van der Waals surface area (Å²) < 4.78 is 5.10. The summed E-state index contributed by atoms with van der Waals surface area (Å²) in [5, 5.41) is 12.6. The van der Waals surface area contributed by atoms with E-state index in [-0.39, 0.29) is 0 Å². The third-order valence-corrected chi connectivity index (χ3v) is 2.38. The number of aliphatic hydroxyl groups is 1. The number of aliphatic hydroxyl groups excluding tert-OH is 1. The minimum Gasteiger partial charge on any atom is -0.495 e. The molecule has 1 aromatic rings. The first kappa shape index (κ1) is 10.1. The molecule has 0 aliphatic carbocycles. The van der Waals surface area contributed by atoms with Gasteiger partial charge < -0.3 is 15.2 Å². The van der Waals surface area contributed by atoms with E-state index < -0.39 is 6.10 Å². The summed E-state index contributed by atoms with van der Waals surface area (Å²) in [6, 6.07) is 1.92. The fourth-order valence-corrected chi connectivity index (χ4v) is 1.61. The Morgan fingerprint density at radius 3 is 3.13 bits per heavy atom. The summed E-state index contributed by atoms with van der Waals surface area (Å²) in [6.07, 6.45) is 4.87. The van der Waals surface area contributed by atoms with Crippen molar-refractivity contribution in [2.45, 2.75) is 6.10 Å². The molecule has 0 amide bonds.